The van der Waals surface area contributed by atoms with Gasteiger partial charge in [0.2, 0.25) is 0 Å². The molecule has 0 aromatic heterocycles. The average Bonchev–Trinajstić information content (AvgIpc) is 2.29. The summed E-state index contributed by atoms with van der Waals surface area (Å²) in [6.45, 7) is 3.24. The summed E-state index contributed by atoms with van der Waals surface area (Å²) in [5, 5.41) is 8.80. The fraction of sp³-hybridized carbons (Fsp3) is 0.231. The van der Waals surface area contributed by atoms with E-state index in [1.807, 2.05) is 0 Å². The molecular formula is C13H11F2NO2. The molecule has 3 nitrogen and oxygen atoms in total. The molecule has 1 rings (SSSR count). The monoisotopic (exact) mass is 251 g/mol. The standard InChI is InChI=1S/C13H11F2NO2/c1-8(2)18-13(17)10(7-16)5-9-6-11(14)3-4-12(9)15/h3-6,8H,1-2H3/b10-5-. The zero-order valence-electron chi connectivity index (χ0n) is 9.91. The molecule has 0 bridgehead atoms. The zero-order valence-corrected chi connectivity index (χ0v) is 9.91. The van der Waals surface area contributed by atoms with Gasteiger partial charge >= 0.3 is 5.97 Å². The van der Waals surface area contributed by atoms with Gasteiger partial charge in [0.25, 0.3) is 0 Å². The third-order valence-corrected chi connectivity index (χ3v) is 1.94. The number of carbonyl (C=O) groups is 1. The van der Waals surface area contributed by atoms with Crippen LogP contribution in [0, 0.1) is 23.0 Å². The first kappa shape index (κ1) is 13.8. The van der Waals surface area contributed by atoms with Crippen molar-refractivity contribution >= 4 is 12.0 Å². The lowest BCUT2D eigenvalue weighted by Gasteiger charge is -2.06. The molecule has 94 valence electrons. The normalized spacial score (nSPS) is 11.2. The van der Waals surface area contributed by atoms with Crippen LogP contribution in [0.3, 0.4) is 0 Å². The van der Waals surface area contributed by atoms with Crippen LogP contribution in [-0.2, 0) is 9.53 Å². The van der Waals surface area contributed by atoms with Gasteiger partial charge in [-0.1, -0.05) is 0 Å². The van der Waals surface area contributed by atoms with Gasteiger partial charge in [-0.3, -0.25) is 0 Å². The maximum Gasteiger partial charge on any atom is 0.349 e. The first-order valence-electron chi connectivity index (χ1n) is 5.22. The van der Waals surface area contributed by atoms with E-state index in [0.29, 0.717) is 0 Å². The first-order valence-corrected chi connectivity index (χ1v) is 5.22. The van der Waals surface area contributed by atoms with E-state index in [-0.39, 0.29) is 11.1 Å². The molecule has 0 spiro atoms. The lowest BCUT2D eigenvalue weighted by atomic mass is 10.1. The smallest absolute Gasteiger partial charge is 0.349 e. The van der Waals surface area contributed by atoms with Crippen LogP contribution in [0.2, 0.25) is 0 Å². The summed E-state index contributed by atoms with van der Waals surface area (Å²) in [7, 11) is 0. The second-order valence-corrected chi connectivity index (χ2v) is 3.79. The van der Waals surface area contributed by atoms with E-state index < -0.39 is 23.7 Å². The fourth-order valence-electron chi connectivity index (χ4n) is 1.20. The molecule has 0 saturated heterocycles. The van der Waals surface area contributed by atoms with E-state index in [1.54, 1.807) is 19.9 Å². The molecule has 0 atom stereocenters. The lowest BCUT2D eigenvalue weighted by molar-refractivity contribution is -0.142. The van der Waals surface area contributed by atoms with Crippen LogP contribution >= 0.6 is 0 Å². The Balaban J connectivity index is 3.08. The Morgan fingerprint density at radius 2 is 2.11 bits per heavy atom. The summed E-state index contributed by atoms with van der Waals surface area (Å²) < 4.78 is 31.0. The highest BCUT2D eigenvalue weighted by atomic mass is 19.1. The lowest BCUT2D eigenvalue weighted by Crippen LogP contribution is -2.12. The van der Waals surface area contributed by atoms with Crippen LogP contribution in [0.5, 0.6) is 0 Å². The van der Waals surface area contributed by atoms with Crippen molar-refractivity contribution in [3.8, 4) is 6.07 Å². The molecule has 0 N–H and O–H groups in total. The van der Waals surface area contributed by atoms with Crippen LogP contribution < -0.4 is 0 Å². The fourth-order valence-corrected chi connectivity index (χ4v) is 1.20. The minimum atomic E-state index is -0.865. The van der Waals surface area contributed by atoms with Gasteiger partial charge in [0.1, 0.15) is 23.3 Å². The van der Waals surface area contributed by atoms with Gasteiger partial charge < -0.3 is 4.74 Å². The number of esters is 1. The molecule has 0 amide bonds. The molecule has 18 heavy (non-hydrogen) atoms. The quantitative estimate of drug-likeness (QED) is 0.471. The summed E-state index contributed by atoms with van der Waals surface area (Å²) in [5.41, 5.74) is -0.555. The predicted octanol–water partition coefficient (Wildman–Crippen LogP) is 2.82. The summed E-state index contributed by atoms with van der Waals surface area (Å²) in [6, 6.07) is 4.37. The van der Waals surface area contributed by atoms with E-state index in [9.17, 15) is 13.6 Å². The number of carbonyl (C=O) groups excluding carboxylic acids is 1. The number of ether oxygens (including phenoxy) is 1. The third-order valence-electron chi connectivity index (χ3n) is 1.94. The molecule has 0 fully saturated rings. The molecule has 1 aromatic rings. The van der Waals surface area contributed by atoms with Gasteiger partial charge in [0.05, 0.1) is 6.10 Å². The van der Waals surface area contributed by atoms with Crippen LogP contribution in [0.4, 0.5) is 8.78 Å². The number of rotatable bonds is 3. The summed E-state index contributed by atoms with van der Waals surface area (Å²) in [5.74, 6) is -2.24. The summed E-state index contributed by atoms with van der Waals surface area (Å²) in [4.78, 5) is 11.5. The molecule has 0 radical (unpaired) electrons. The molecule has 1 aromatic carbocycles. The van der Waals surface area contributed by atoms with Crippen LogP contribution in [0.25, 0.3) is 6.08 Å². The molecule has 0 saturated carbocycles. The second-order valence-electron chi connectivity index (χ2n) is 3.79. The SMILES string of the molecule is CC(C)OC(=O)/C(C#N)=C\c1cc(F)ccc1F. The van der Waals surface area contributed by atoms with Crippen molar-refractivity contribution in [1.82, 2.24) is 0 Å². The molecule has 0 aliphatic carbocycles. The van der Waals surface area contributed by atoms with Crippen molar-refractivity contribution in [1.29, 1.82) is 5.26 Å². The van der Waals surface area contributed by atoms with E-state index in [1.165, 1.54) is 0 Å². The Labute approximate surface area is 103 Å². The number of hydrogen-bond acceptors (Lipinski definition) is 3. The van der Waals surface area contributed by atoms with E-state index in [2.05, 4.69) is 0 Å². The second kappa shape index (κ2) is 5.92. The largest absolute Gasteiger partial charge is 0.459 e. The van der Waals surface area contributed by atoms with Crippen molar-refractivity contribution in [2.45, 2.75) is 20.0 Å². The van der Waals surface area contributed by atoms with Gasteiger partial charge in [-0.15, -0.1) is 0 Å². The first-order chi connectivity index (χ1) is 8.43. The van der Waals surface area contributed by atoms with Crippen LogP contribution in [0.15, 0.2) is 23.8 Å². The number of hydrogen-bond donors (Lipinski definition) is 0. The molecule has 5 heteroatoms. The van der Waals surface area contributed by atoms with Gasteiger partial charge in [-0.05, 0) is 38.1 Å². The maximum atomic E-state index is 13.3. The molecule has 0 unspecified atom stereocenters. The number of benzene rings is 1. The number of halogens is 2. The van der Waals surface area contributed by atoms with E-state index in [4.69, 9.17) is 10.00 Å². The number of nitriles is 1. The molecule has 0 aliphatic rings. The summed E-state index contributed by atoms with van der Waals surface area (Å²) in [6.07, 6.45) is 0.565. The Bertz CT molecular complexity index is 530. The van der Waals surface area contributed by atoms with Crippen molar-refractivity contribution in [2.24, 2.45) is 0 Å². The van der Waals surface area contributed by atoms with Crippen molar-refractivity contribution in [3.05, 3.63) is 41.0 Å². The third kappa shape index (κ3) is 3.67. The van der Waals surface area contributed by atoms with Crippen molar-refractivity contribution in [3.63, 3.8) is 0 Å². The highest BCUT2D eigenvalue weighted by Gasteiger charge is 2.13. The van der Waals surface area contributed by atoms with Crippen LogP contribution in [0.1, 0.15) is 19.4 Å². The Hall–Kier alpha value is -2.22. The zero-order chi connectivity index (χ0) is 13.7. The number of nitrogens with zero attached hydrogens (tertiary/aromatic N) is 1. The molecular weight excluding hydrogens is 240 g/mol. The predicted molar refractivity (Wildman–Crippen MR) is 61.2 cm³/mol. The highest BCUT2D eigenvalue weighted by Crippen LogP contribution is 2.14. The molecule has 0 aliphatic heterocycles. The molecule has 0 heterocycles. The van der Waals surface area contributed by atoms with Crippen molar-refractivity contribution in [2.75, 3.05) is 0 Å². The minimum Gasteiger partial charge on any atom is -0.459 e. The Morgan fingerprint density at radius 1 is 1.44 bits per heavy atom. The average molecular weight is 251 g/mol. The van der Waals surface area contributed by atoms with Gasteiger partial charge in [0.15, 0.2) is 0 Å². The highest BCUT2D eigenvalue weighted by molar-refractivity contribution is 5.97. The van der Waals surface area contributed by atoms with Gasteiger partial charge in [-0.2, -0.15) is 5.26 Å². The van der Waals surface area contributed by atoms with Gasteiger partial charge in [-0.25, -0.2) is 13.6 Å². The van der Waals surface area contributed by atoms with Crippen molar-refractivity contribution < 1.29 is 18.3 Å². The van der Waals surface area contributed by atoms with Crippen LogP contribution in [-0.4, -0.2) is 12.1 Å². The summed E-state index contributed by atoms with van der Waals surface area (Å²) >= 11 is 0. The van der Waals surface area contributed by atoms with E-state index in [0.717, 1.165) is 24.3 Å². The Morgan fingerprint density at radius 3 is 2.67 bits per heavy atom. The minimum absolute atomic E-state index is 0.174. The topological polar surface area (TPSA) is 50.1 Å². The van der Waals surface area contributed by atoms with Gasteiger partial charge in [0, 0.05) is 5.56 Å². The van der Waals surface area contributed by atoms with E-state index >= 15 is 0 Å². The maximum absolute atomic E-state index is 13.3. The Kier molecular flexibility index (Phi) is 4.55.